The summed E-state index contributed by atoms with van der Waals surface area (Å²) >= 11 is 0. The second-order valence-corrected chi connectivity index (χ2v) is 3.17. The van der Waals surface area contributed by atoms with E-state index >= 15 is 0 Å². The van der Waals surface area contributed by atoms with Crippen LogP contribution in [0.3, 0.4) is 0 Å². The van der Waals surface area contributed by atoms with Gasteiger partial charge in [-0.3, -0.25) is 0 Å². The summed E-state index contributed by atoms with van der Waals surface area (Å²) < 4.78 is 0. The summed E-state index contributed by atoms with van der Waals surface area (Å²) in [6, 6.07) is 0. The van der Waals surface area contributed by atoms with Gasteiger partial charge in [0.15, 0.2) is 0 Å². The summed E-state index contributed by atoms with van der Waals surface area (Å²) in [6.45, 7) is 1.93. The first kappa shape index (κ1) is 7.10. The minimum absolute atomic E-state index is 0.333. The average molecular weight is 124 g/mol. The zero-order valence-corrected chi connectivity index (χ0v) is 5.80. The molecule has 1 rings (SSSR count). The van der Waals surface area contributed by atoms with Crippen LogP contribution >= 0.6 is 0 Å². The molecule has 2 atom stereocenters. The molecule has 1 aliphatic carbocycles. The molecule has 0 spiro atoms. The van der Waals surface area contributed by atoms with Crippen molar-refractivity contribution in [1.29, 1.82) is 0 Å². The molecule has 50 valence electrons. The largest absolute Gasteiger partial charge is 0.334 e. The van der Waals surface area contributed by atoms with Crippen LogP contribution in [-0.4, -0.2) is 19.3 Å². The molecule has 1 aliphatic rings. The van der Waals surface area contributed by atoms with Gasteiger partial charge in [-0.1, -0.05) is 0 Å². The molecule has 1 fully saturated rings. The second-order valence-electron chi connectivity index (χ2n) is 3.17. The van der Waals surface area contributed by atoms with Crippen molar-refractivity contribution in [3.63, 3.8) is 0 Å². The van der Waals surface area contributed by atoms with Crippen molar-refractivity contribution in [3.8, 4) is 0 Å². The first-order valence-electron chi connectivity index (χ1n) is 3.35. The Labute approximate surface area is 57.4 Å². The van der Waals surface area contributed by atoms with Gasteiger partial charge >= 0.3 is 0 Å². The van der Waals surface area contributed by atoms with Gasteiger partial charge in [-0.25, -0.2) is 0 Å². The molecule has 2 unspecified atom stereocenters. The quantitative estimate of drug-likeness (QED) is 0.490. The van der Waals surface area contributed by atoms with Gasteiger partial charge in [0.25, 0.3) is 0 Å². The van der Waals surface area contributed by atoms with Crippen LogP contribution in [0.4, 0.5) is 0 Å². The normalized spacial score (nSPS) is 29.2. The first-order valence-corrected chi connectivity index (χ1v) is 3.35. The van der Waals surface area contributed by atoms with E-state index in [4.69, 9.17) is 19.3 Å². The zero-order chi connectivity index (χ0) is 7.07. The van der Waals surface area contributed by atoms with E-state index in [0.29, 0.717) is 5.92 Å². The van der Waals surface area contributed by atoms with Crippen LogP contribution in [0.25, 0.3) is 0 Å². The highest BCUT2D eigenvalue weighted by molar-refractivity contribution is 6.12. The molecule has 0 aromatic rings. The first-order chi connectivity index (χ1) is 4.05. The molecule has 0 amide bonds. The molecule has 2 nitrogen and oxygen atoms in total. The lowest BCUT2D eigenvalue weighted by Crippen LogP contribution is -2.55. The minimum atomic E-state index is -0.370. The highest BCUT2D eigenvalue weighted by Gasteiger charge is 2.40. The molecule has 0 bridgehead atoms. The third-order valence-corrected chi connectivity index (χ3v) is 2.18. The summed E-state index contributed by atoms with van der Waals surface area (Å²) in [7, 11) is 5.46. The van der Waals surface area contributed by atoms with Gasteiger partial charge in [0.05, 0.1) is 7.85 Å². The van der Waals surface area contributed by atoms with Gasteiger partial charge in [0.1, 0.15) is 0 Å². The summed E-state index contributed by atoms with van der Waals surface area (Å²) in [5.41, 5.74) is 10.9. The van der Waals surface area contributed by atoms with Crippen molar-refractivity contribution in [1.82, 2.24) is 0 Å². The molecule has 0 aliphatic heterocycles. The zero-order valence-electron chi connectivity index (χ0n) is 5.80. The molecule has 0 aromatic heterocycles. The monoisotopic (exact) mass is 124 g/mol. The number of rotatable bonds is 2. The fourth-order valence-corrected chi connectivity index (χ4v) is 0.978. The highest BCUT2D eigenvalue weighted by Crippen LogP contribution is 2.38. The predicted octanol–water partition coefficient (Wildman–Crippen LogP) is -0.433. The van der Waals surface area contributed by atoms with Gasteiger partial charge in [0, 0.05) is 5.54 Å². The van der Waals surface area contributed by atoms with Crippen molar-refractivity contribution in [2.24, 2.45) is 17.4 Å². The van der Waals surface area contributed by atoms with Crippen LogP contribution in [0.5, 0.6) is 0 Å². The van der Waals surface area contributed by atoms with E-state index in [9.17, 15) is 0 Å². The van der Waals surface area contributed by atoms with E-state index in [0.717, 1.165) is 0 Å². The molecular formula is C6H13BN2. The number of nitrogens with two attached hydrogens (primary N) is 2. The average Bonchev–Trinajstić information content (AvgIpc) is 2.42. The highest BCUT2D eigenvalue weighted by atomic mass is 14.8. The lowest BCUT2D eigenvalue weighted by atomic mass is 9.77. The summed E-state index contributed by atoms with van der Waals surface area (Å²) in [5, 5.41) is 0. The third-order valence-electron chi connectivity index (χ3n) is 2.18. The predicted molar refractivity (Wildman–Crippen MR) is 39.0 cm³/mol. The standard InChI is InChI=1S/C6H13BN2/c1-6(9,5(7)8)4-2-3-4/h4-5H,2-3,8-9H2,1H3. The second kappa shape index (κ2) is 1.99. The van der Waals surface area contributed by atoms with E-state index in [1.54, 1.807) is 0 Å². The fourth-order valence-electron chi connectivity index (χ4n) is 0.978. The molecule has 9 heavy (non-hydrogen) atoms. The van der Waals surface area contributed by atoms with Crippen molar-refractivity contribution < 1.29 is 0 Å². The Balaban J connectivity index is 2.48. The Morgan fingerprint density at radius 2 is 2.11 bits per heavy atom. The summed E-state index contributed by atoms with van der Waals surface area (Å²) in [6.07, 6.45) is 2.38. The maximum absolute atomic E-state index is 5.81. The molecule has 1 saturated carbocycles. The molecule has 4 N–H and O–H groups in total. The van der Waals surface area contributed by atoms with E-state index in [2.05, 4.69) is 0 Å². The fraction of sp³-hybridized carbons (Fsp3) is 1.00. The lowest BCUT2D eigenvalue weighted by Gasteiger charge is -2.29. The number of hydrogen-bond donors (Lipinski definition) is 2. The molecule has 3 heteroatoms. The molecule has 0 heterocycles. The van der Waals surface area contributed by atoms with E-state index in [1.165, 1.54) is 12.8 Å². The van der Waals surface area contributed by atoms with Crippen LogP contribution in [0.15, 0.2) is 0 Å². The smallest absolute Gasteiger partial charge is 0.0928 e. The van der Waals surface area contributed by atoms with Gasteiger partial charge in [-0.15, -0.1) is 0 Å². The Kier molecular flexibility index (Phi) is 1.57. The summed E-state index contributed by atoms with van der Waals surface area (Å²) in [5.74, 6) is 0.197. The maximum atomic E-state index is 5.81. The van der Waals surface area contributed by atoms with Crippen LogP contribution < -0.4 is 11.5 Å². The Hall–Kier alpha value is -0.0151. The molecule has 0 saturated heterocycles. The Bertz CT molecular complexity index is 104. The van der Waals surface area contributed by atoms with E-state index < -0.39 is 0 Å². The van der Waals surface area contributed by atoms with Crippen LogP contribution in [0, 0.1) is 5.92 Å². The van der Waals surface area contributed by atoms with Crippen molar-refractivity contribution in [2.45, 2.75) is 31.2 Å². The third kappa shape index (κ3) is 1.27. The van der Waals surface area contributed by atoms with Gasteiger partial charge in [-0.05, 0) is 31.6 Å². The topological polar surface area (TPSA) is 52.0 Å². The lowest BCUT2D eigenvalue weighted by molar-refractivity contribution is 0.392. The molecular weight excluding hydrogens is 111 g/mol. The Morgan fingerprint density at radius 3 is 2.22 bits per heavy atom. The number of hydrogen-bond acceptors (Lipinski definition) is 2. The van der Waals surface area contributed by atoms with E-state index in [1.807, 2.05) is 6.92 Å². The van der Waals surface area contributed by atoms with Gasteiger partial charge in [-0.2, -0.15) is 0 Å². The minimum Gasteiger partial charge on any atom is -0.334 e. The van der Waals surface area contributed by atoms with Crippen LogP contribution in [-0.2, 0) is 0 Å². The van der Waals surface area contributed by atoms with Gasteiger partial charge in [0.2, 0.25) is 0 Å². The van der Waals surface area contributed by atoms with E-state index in [-0.39, 0.29) is 11.5 Å². The van der Waals surface area contributed by atoms with Crippen molar-refractivity contribution in [3.05, 3.63) is 0 Å². The van der Waals surface area contributed by atoms with Crippen molar-refractivity contribution >= 4 is 7.85 Å². The van der Waals surface area contributed by atoms with Crippen LogP contribution in [0.1, 0.15) is 19.8 Å². The SMILES string of the molecule is [B]C(N)C(C)(N)C1CC1. The Morgan fingerprint density at radius 1 is 1.67 bits per heavy atom. The maximum Gasteiger partial charge on any atom is 0.0928 e. The molecule has 0 aromatic carbocycles. The molecule has 2 radical (unpaired) electrons. The van der Waals surface area contributed by atoms with Crippen molar-refractivity contribution in [2.75, 3.05) is 0 Å². The van der Waals surface area contributed by atoms with Crippen LogP contribution in [0.2, 0.25) is 0 Å². The summed E-state index contributed by atoms with van der Waals surface area (Å²) in [4.78, 5) is 0. The van der Waals surface area contributed by atoms with Gasteiger partial charge < -0.3 is 11.5 Å².